The van der Waals surface area contributed by atoms with Gasteiger partial charge in [0.1, 0.15) is 5.75 Å². The van der Waals surface area contributed by atoms with Gasteiger partial charge in [0.15, 0.2) is 0 Å². The van der Waals surface area contributed by atoms with Gasteiger partial charge in [-0.15, -0.1) is 0 Å². The highest BCUT2D eigenvalue weighted by molar-refractivity contribution is 5.68. The number of carbonyl (C=O) groups is 1. The van der Waals surface area contributed by atoms with Crippen molar-refractivity contribution in [3.8, 4) is 5.75 Å². The van der Waals surface area contributed by atoms with Crippen LogP contribution >= 0.6 is 0 Å². The zero-order valence-electron chi connectivity index (χ0n) is 10.6. The van der Waals surface area contributed by atoms with E-state index in [1.54, 1.807) is 18.2 Å². The van der Waals surface area contributed by atoms with Crippen molar-refractivity contribution in [1.82, 2.24) is 5.32 Å². The second kappa shape index (κ2) is 7.68. The molecule has 1 unspecified atom stereocenters. The highest BCUT2D eigenvalue weighted by atomic mass is 19.3. The lowest BCUT2D eigenvalue weighted by molar-refractivity contribution is -0.137. The minimum Gasteiger partial charge on any atom is -0.481 e. The Balaban J connectivity index is 2.95. The molecular weight excluding hydrogens is 256 g/mol. The molecule has 0 bridgehead atoms. The number of benzene rings is 1. The van der Waals surface area contributed by atoms with Crippen LogP contribution in [-0.2, 0) is 4.79 Å². The van der Waals surface area contributed by atoms with Gasteiger partial charge in [-0.2, -0.15) is 8.78 Å². The Bertz CT molecular complexity index is 413. The molecule has 0 aromatic heterocycles. The Morgan fingerprint density at radius 2 is 2.11 bits per heavy atom. The van der Waals surface area contributed by atoms with Crippen molar-refractivity contribution >= 4 is 5.97 Å². The van der Waals surface area contributed by atoms with E-state index in [9.17, 15) is 13.6 Å². The van der Waals surface area contributed by atoms with E-state index in [1.807, 2.05) is 6.92 Å². The maximum atomic E-state index is 12.3. The molecule has 0 aliphatic rings. The second-order valence-electron chi connectivity index (χ2n) is 4.02. The van der Waals surface area contributed by atoms with Gasteiger partial charge in [-0.05, 0) is 19.0 Å². The molecule has 0 radical (unpaired) electrons. The maximum Gasteiger partial charge on any atom is 0.387 e. The van der Waals surface area contributed by atoms with Gasteiger partial charge in [0.25, 0.3) is 0 Å². The summed E-state index contributed by atoms with van der Waals surface area (Å²) in [6.45, 7) is -0.398. The molecule has 19 heavy (non-hydrogen) atoms. The fourth-order valence-electron chi connectivity index (χ4n) is 1.76. The summed E-state index contributed by atoms with van der Waals surface area (Å²) in [6, 6.07) is 5.68. The molecule has 1 aromatic carbocycles. The van der Waals surface area contributed by atoms with Crippen molar-refractivity contribution in [1.29, 1.82) is 0 Å². The fraction of sp³-hybridized carbons (Fsp3) is 0.462. The number of carboxylic acids is 1. The number of carboxylic acid groups (broad SMARTS) is 1. The molecule has 0 heterocycles. The molecule has 1 rings (SSSR count). The van der Waals surface area contributed by atoms with Gasteiger partial charge < -0.3 is 15.2 Å². The summed E-state index contributed by atoms with van der Waals surface area (Å²) in [4.78, 5) is 10.9. The highest BCUT2D eigenvalue weighted by Crippen LogP contribution is 2.28. The third-order valence-corrected chi connectivity index (χ3v) is 2.53. The second-order valence-corrected chi connectivity index (χ2v) is 4.02. The Hall–Kier alpha value is -1.69. The van der Waals surface area contributed by atoms with Crippen molar-refractivity contribution in [2.75, 3.05) is 6.54 Å². The third kappa shape index (κ3) is 5.21. The first-order chi connectivity index (χ1) is 9.04. The Morgan fingerprint density at radius 1 is 1.42 bits per heavy atom. The fourth-order valence-corrected chi connectivity index (χ4v) is 1.76. The van der Waals surface area contributed by atoms with Crippen LogP contribution in [-0.4, -0.2) is 24.2 Å². The van der Waals surface area contributed by atoms with E-state index in [2.05, 4.69) is 10.1 Å². The van der Waals surface area contributed by atoms with Crippen LogP contribution in [0.2, 0.25) is 0 Å². The van der Waals surface area contributed by atoms with Gasteiger partial charge in [0.05, 0.1) is 6.42 Å². The quantitative estimate of drug-likeness (QED) is 0.764. The number of aliphatic carboxylic acids is 1. The van der Waals surface area contributed by atoms with Crippen molar-refractivity contribution in [3.05, 3.63) is 29.8 Å². The SMILES string of the molecule is CCCNC(CC(=O)O)c1ccccc1OC(F)F. The van der Waals surface area contributed by atoms with Crippen LogP contribution in [0.5, 0.6) is 5.75 Å². The zero-order valence-corrected chi connectivity index (χ0v) is 10.6. The molecule has 0 fully saturated rings. The van der Waals surface area contributed by atoms with Gasteiger partial charge in [-0.25, -0.2) is 0 Å². The van der Waals surface area contributed by atoms with Crippen molar-refractivity contribution in [3.63, 3.8) is 0 Å². The molecule has 6 heteroatoms. The maximum absolute atomic E-state index is 12.3. The normalized spacial score (nSPS) is 12.4. The Kier molecular flexibility index (Phi) is 6.21. The van der Waals surface area contributed by atoms with Crippen LogP contribution in [0.3, 0.4) is 0 Å². The minimum absolute atomic E-state index is 0.00681. The van der Waals surface area contributed by atoms with Gasteiger partial charge >= 0.3 is 12.6 Å². The number of nitrogens with one attached hydrogen (secondary N) is 1. The summed E-state index contributed by atoms with van der Waals surface area (Å²) in [5, 5.41) is 11.9. The Labute approximate surface area is 110 Å². The number of para-hydroxylation sites is 1. The Morgan fingerprint density at radius 3 is 2.68 bits per heavy atom. The summed E-state index contributed by atoms with van der Waals surface area (Å²) in [7, 11) is 0. The van der Waals surface area contributed by atoms with E-state index >= 15 is 0 Å². The summed E-state index contributed by atoms with van der Waals surface area (Å²) in [6.07, 6.45) is 0.623. The zero-order chi connectivity index (χ0) is 14.3. The van der Waals surface area contributed by atoms with E-state index in [-0.39, 0.29) is 12.2 Å². The van der Waals surface area contributed by atoms with Crippen LogP contribution in [0.15, 0.2) is 24.3 Å². The average Bonchev–Trinajstić information content (AvgIpc) is 2.34. The molecule has 0 aliphatic heterocycles. The van der Waals surface area contributed by atoms with Crippen molar-refractivity contribution in [2.45, 2.75) is 32.4 Å². The minimum atomic E-state index is -2.93. The van der Waals surface area contributed by atoms with E-state index in [0.717, 1.165) is 6.42 Å². The van der Waals surface area contributed by atoms with E-state index in [0.29, 0.717) is 12.1 Å². The predicted molar refractivity (Wildman–Crippen MR) is 66.4 cm³/mol. The molecule has 2 N–H and O–H groups in total. The number of alkyl halides is 2. The number of rotatable bonds is 8. The standard InChI is InChI=1S/C13H17F2NO3/c1-2-7-16-10(8-12(17)18)9-5-3-4-6-11(9)19-13(14)15/h3-6,10,13,16H,2,7-8H2,1H3,(H,17,18). The first-order valence-corrected chi connectivity index (χ1v) is 6.03. The van der Waals surface area contributed by atoms with E-state index in [1.165, 1.54) is 6.07 Å². The van der Waals surface area contributed by atoms with Gasteiger partial charge in [-0.1, -0.05) is 25.1 Å². The molecule has 1 aromatic rings. The van der Waals surface area contributed by atoms with Crippen LogP contribution in [0.1, 0.15) is 31.4 Å². The summed E-state index contributed by atoms with van der Waals surface area (Å²) in [5.74, 6) is -0.993. The van der Waals surface area contributed by atoms with Crippen LogP contribution in [0.4, 0.5) is 8.78 Å². The molecule has 1 atom stereocenters. The van der Waals surface area contributed by atoms with Crippen LogP contribution in [0.25, 0.3) is 0 Å². The smallest absolute Gasteiger partial charge is 0.387 e. The summed E-state index contributed by atoms with van der Waals surface area (Å²) >= 11 is 0. The molecule has 0 saturated carbocycles. The lowest BCUT2D eigenvalue weighted by atomic mass is 10.0. The first kappa shape index (κ1) is 15.4. The van der Waals surface area contributed by atoms with E-state index in [4.69, 9.17) is 5.11 Å². The molecule has 4 nitrogen and oxygen atoms in total. The number of ether oxygens (including phenoxy) is 1. The van der Waals surface area contributed by atoms with Crippen LogP contribution < -0.4 is 10.1 Å². The highest BCUT2D eigenvalue weighted by Gasteiger charge is 2.20. The molecule has 0 aliphatic carbocycles. The predicted octanol–water partition coefficient (Wildman–Crippen LogP) is 2.80. The molecule has 0 spiro atoms. The van der Waals surface area contributed by atoms with Gasteiger partial charge in [0, 0.05) is 11.6 Å². The molecule has 0 saturated heterocycles. The summed E-state index contributed by atoms with van der Waals surface area (Å²) < 4.78 is 29.1. The number of hydrogen-bond donors (Lipinski definition) is 2. The average molecular weight is 273 g/mol. The topological polar surface area (TPSA) is 58.6 Å². The third-order valence-electron chi connectivity index (χ3n) is 2.53. The van der Waals surface area contributed by atoms with Crippen molar-refractivity contribution < 1.29 is 23.4 Å². The van der Waals surface area contributed by atoms with Crippen molar-refractivity contribution in [2.24, 2.45) is 0 Å². The molecular formula is C13H17F2NO3. The van der Waals surface area contributed by atoms with Gasteiger partial charge in [0.2, 0.25) is 0 Å². The monoisotopic (exact) mass is 273 g/mol. The van der Waals surface area contributed by atoms with Crippen LogP contribution in [0, 0.1) is 0 Å². The lowest BCUT2D eigenvalue weighted by Gasteiger charge is -2.20. The molecule has 0 amide bonds. The van der Waals surface area contributed by atoms with Gasteiger partial charge in [-0.3, -0.25) is 4.79 Å². The summed E-state index contributed by atoms with van der Waals surface area (Å²) in [5.41, 5.74) is 0.429. The number of halogens is 2. The molecule has 106 valence electrons. The largest absolute Gasteiger partial charge is 0.481 e. The number of hydrogen-bond acceptors (Lipinski definition) is 3. The van der Waals surface area contributed by atoms with E-state index < -0.39 is 18.6 Å². The first-order valence-electron chi connectivity index (χ1n) is 6.03. The lowest BCUT2D eigenvalue weighted by Crippen LogP contribution is -2.25.